The second-order valence-electron chi connectivity index (χ2n) is 10.7. The van der Waals surface area contributed by atoms with E-state index < -0.39 is 28.5 Å². The van der Waals surface area contributed by atoms with E-state index in [9.17, 15) is 18.0 Å². The number of nitrogens with one attached hydrogen (secondary N) is 1. The molecular formula is C32H39N3O4S. The highest BCUT2D eigenvalue weighted by Crippen LogP contribution is 2.28. The summed E-state index contributed by atoms with van der Waals surface area (Å²) in [7, 11) is -4.08. The van der Waals surface area contributed by atoms with Gasteiger partial charge in [-0.05, 0) is 75.4 Å². The Morgan fingerprint density at radius 3 is 2.10 bits per heavy atom. The fraction of sp³-hybridized carbons (Fsp3) is 0.375. The van der Waals surface area contributed by atoms with Crippen molar-refractivity contribution in [1.29, 1.82) is 0 Å². The van der Waals surface area contributed by atoms with Crippen LogP contribution < -0.4 is 9.62 Å². The van der Waals surface area contributed by atoms with Gasteiger partial charge in [0.05, 0.1) is 10.6 Å². The maximum atomic E-state index is 14.1. The molecule has 212 valence electrons. The van der Waals surface area contributed by atoms with Crippen molar-refractivity contribution in [2.45, 2.75) is 76.9 Å². The lowest BCUT2D eigenvalue weighted by atomic mass is 10.1. The topological polar surface area (TPSA) is 86.8 Å². The third-order valence-electron chi connectivity index (χ3n) is 7.74. The van der Waals surface area contributed by atoms with E-state index in [1.165, 1.54) is 9.21 Å². The zero-order chi connectivity index (χ0) is 28.9. The quantitative estimate of drug-likeness (QED) is 0.365. The summed E-state index contributed by atoms with van der Waals surface area (Å²) in [5.74, 6) is -0.672. The molecule has 0 heterocycles. The fourth-order valence-electron chi connectivity index (χ4n) is 5.14. The van der Waals surface area contributed by atoms with E-state index in [2.05, 4.69) is 5.32 Å². The molecule has 1 aliphatic carbocycles. The van der Waals surface area contributed by atoms with E-state index in [1.54, 1.807) is 43.3 Å². The lowest BCUT2D eigenvalue weighted by Gasteiger charge is -2.33. The molecule has 0 bridgehead atoms. The van der Waals surface area contributed by atoms with Gasteiger partial charge in [-0.25, -0.2) is 8.42 Å². The van der Waals surface area contributed by atoms with Gasteiger partial charge in [-0.1, -0.05) is 73.0 Å². The largest absolute Gasteiger partial charge is 0.352 e. The van der Waals surface area contributed by atoms with Crippen LogP contribution in [0.3, 0.4) is 0 Å². The van der Waals surface area contributed by atoms with E-state index >= 15 is 0 Å². The molecule has 1 fully saturated rings. The molecule has 7 nitrogen and oxygen atoms in total. The zero-order valence-electron chi connectivity index (χ0n) is 23.8. The molecule has 3 aromatic carbocycles. The molecule has 0 aromatic heterocycles. The SMILES string of the molecule is Cc1ccc(S(=O)(=O)N(CC(=O)N(Cc2ccccc2C)[C@H](C)C(=O)NC2CCCC2)c2ccccc2C)cc1. The summed E-state index contributed by atoms with van der Waals surface area (Å²) in [6.45, 7) is 7.14. The highest BCUT2D eigenvalue weighted by molar-refractivity contribution is 7.92. The van der Waals surface area contributed by atoms with Crippen molar-refractivity contribution in [2.75, 3.05) is 10.8 Å². The molecule has 1 N–H and O–H groups in total. The molecule has 1 aliphatic rings. The van der Waals surface area contributed by atoms with Crippen molar-refractivity contribution < 1.29 is 18.0 Å². The lowest BCUT2D eigenvalue weighted by molar-refractivity contribution is -0.139. The summed E-state index contributed by atoms with van der Waals surface area (Å²) >= 11 is 0. The van der Waals surface area contributed by atoms with Gasteiger partial charge < -0.3 is 10.2 Å². The summed E-state index contributed by atoms with van der Waals surface area (Å²) in [5.41, 5.74) is 3.98. The van der Waals surface area contributed by atoms with Crippen molar-refractivity contribution in [2.24, 2.45) is 0 Å². The second-order valence-corrected chi connectivity index (χ2v) is 12.6. The second kappa shape index (κ2) is 12.7. The smallest absolute Gasteiger partial charge is 0.264 e. The normalized spacial score (nSPS) is 14.5. The summed E-state index contributed by atoms with van der Waals surface area (Å²) < 4.78 is 29.1. The molecule has 3 aromatic rings. The first-order valence-electron chi connectivity index (χ1n) is 13.9. The van der Waals surface area contributed by atoms with Crippen LogP contribution in [0.25, 0.3) is 0 Å². The lowest BCUT2D eigenvalue weighted by Crippen LogP contribution is -2.52. The Morgan fingerprint density at radius 2 is 1.48 bits per heavy atom. The summed E-state index contributed by atoms with van der Waals surface area (Å²) in [5, 5.41) is 3.11. The van der Waals surface area contributed by atoms with Gasteiger partial charge >= 0.3 is 0 Å². The van der Waals surface area contributed by atoms with Crippen LogP contribution in [-0.2, 0) is 26.2 Å². The Morgan fingerprint density at radius 1 is 0.875 bits per heavy atom. The number of rotatable bonds is 10. The fourth-order valence-corrected chi connectivity index (χ4v) is 6.62. The summed E-state index contributed by atoms with van der Waals surface area (Å²) in [6.07, 6.45) is 4.01. The highest BCUT2D eigenvalue weighted by Gasteiger charge is 2.34. The van der Waals surface area contributed by atoms with Crippen LogP contribution in [-0.4, -0.2) is 43.8 Å². The number of nitrogens with zero attached hydrogens (tertiary/aromatic N) is 2. The predicted molar refractivity (Wildman–Crippen MR) is 158 cm³/mol. The summed E-state index contributed by atoms with van der Waals surface area (Å²) in [4.78, 5) is 29.1. The van der Waals surface area contributed by atoms with Crippen molar-refractivity contribution in [1.82, 2.24) is 10.2 Å². The third kappa shape index (κ3) is 6.73. The Labute approximate surface area is 238 Å². The molecule has 1 atom stereocenters. The van der Waals surface area contributed by atoms with E-state index in [0.717, 1.165) is 47.9 Å². The number of carbonyl (C=O) groups is 2. The number of hydrogen-bond donors (Lipinski definition) is 1. The van der Waals surface area contributed by atoms with Gasteiger partial charge in [-0.3, -0.25) is 13.9 Å². The Hall–Kier alpha value is -3.65. The minimum Gasteiger partial charge on any atom is -0.352 e. The van der Waals surface area contributed by atoms with Crippen molar-refractivity contribution in [3.63, 3.8) is 0 Å². The average Bonchev–Trinajstić information content (AvgIpc) is 3.44. The van der Waals surface area contributed by atoms with Gasteiger partial charge in [0.1, 0.15) is 12.6 Å². The maximum absolute atomic E-state index is 14.1. The van der Waals surface area contributed by atoms with Crippen LogP contribution in [0.5, 0.6) is 0 Å². The van der Waals surface area contributed by atoms with Crippen molar-refractivity contribution in [3.8, 4) is 0 Å². The molecule has 2 amide bonds. The van der Waals surface area contributed by atoms with Crippen LogP contribution in [0.1, 0.15) is 54.9 Å². The molecule has 0 saturated heterocycles. The minimum atomic E-state index is -4.08. The number of benzene rings is 3. The van der Waals surface area contributed by atoms with Gasteiger partial charge in [0.15, 0.2) is 0 Å². The van der Waals surface area contributed by atoms with E-state index in [1.807, 2.05) is 57.2 Å². The molecule has 4 rings (SSSR count). The van der Waals surface area contributed by atoms with Crippen LogP contribution in [0.15, 0.2) is 77.7 Å². The van der Waals surface area contributed by atoms with Crippen LogP contribution in [0, 0.1) is 20.8 Å². The highest BCUT2D eigenvalue weighted by atomic mass is 32.2. The number of amides is 2. The van der Waals surface area contributed by atoms with E-state index in [0.29, 0.717) is 5.69 Å². The van der Waals surface area contributed by atoms with Gasteiger partial charge in [0.2, 0.25) is 11.8 Å². The monoisotopic (exact) mass is 561 g/mol. The van der Waals surface area contributed by atoms with Crippen molar-refractivity contribution in [3.05, 3.63) is 95.1 Å². The number of sulfonamides is 1. The third-order valence-corrected chi connectivity index (χ3v) is 9.52. The van der Waals surface area contributed by atoms with Crippen molar-refractivity contribution >= 4 is 27.5 Å². The Bertz CT molecular complexity index is 1450. The molecule has 0 unspecified atom stereocenters. The first kappa shape index (κ1) is 29.3. The number of aryl methyl sites for hydroxylation is 3. The standard InChI is InChI=1S/C32H39N3O4S/c1-23-17-19-29(20-18-23)40(38,39)35(30-16-10-6-12-25(30)3)22-31(36)34(21-27-13-7-5-11-24(27)2)26(4)32(37)33-28-14-8-9-15-28/h5-7,10-13,16-20,26,28H,8-9,14-15,21-22H2,1-4H3,(H,33,37)/t26-/m1/s1. The molecule has 8 heteroatoms. The number of hydrogen-bond acceptors (Lipinski definition) is 4. The molecule has 0 aliphatic heterocycles. The van der Waals surface area contributed by atoms with Gasteiger partial charge in [-0.15, -0.1) is 0 Å². The van der Waals surface area contributed by atoms with Gasteiger partial charge in [-0.2, -0.15) is 0 Å². The van der Waals surface area contributed by atoms with Crippen LogP contribution in [0.4, 0.5) is 5.69 Å². The first-order valence-corrected chi connectivity index (χ1v) is 15.3. The average molecular weight is 562 g/mol. The Balaban J connectivity index is 1.70. The first-order chi connectivity index (χ1) is 19.1. The van der Waals surface area contributed by atoms with Gasteiger partial charge in [0, 0.05) is 12.6 Å². The Kier molecular flexibility index (Phi) is 9.30. The summed E-state index contributed by atoms with van der Waals surface area (Å²) in [6, 6.07) is 20.7. The molecular weight excluding hydrogens is 522 g/mol. The molecule has 40 heavy (non-hydrogen) atoms. The minimum absolute atomic E-state index is 0.103. The molecule has 0 spiro atoms. The predicted octanol–water partition coefficient (Wildman–Crippen LogP) is 5.28. The molecule has 1 saturated carbocycles. The maximum Gasteiger partial charge on any atom is 0.264 e. The van der Waals surface area contributed by atoms with Crippen LogP contribution >= 0.6 is 0 Å². The number of para-hydroxylation sites is 1. The van der Waals surface area contributed by atoms with Gasteiger partial charge in [0.25, 0.3) is 10.0 Å². The molecule has 0 radical (unpaired) electrons. The van der Waals surface area contributed by atoms with E-state index in [-0.39, 0.29) is 23.4 Å². The number of anilines is 1. The zero-order valence-corrected chi connectivity index (χ0v) is 24.6. The van der Waals surface area contributed by atoms with Crippen LogP contribution in [0.2, 0.25) is 0 Å². The number of carbonyl (C=O) groups excluding carboxylic acids is 2. The van der Waals surface area contributed by atoms with E-state index in [4.69, 9.17) is 0 Å².